The van der Waals surface area contributed by atoms with Crippen LogP contribution in [0.5, 0.6) is 0 Å². The summed E-state index contributed by atoms with van der Waals surface area (Å²) < 4.78 is 6.18. The molecule has 0 radical (unpaired) electrons. The monoisotopic (exact) mass is 299 g/mol. The van der Waals surface area contributed by atoms with Gasteiger partial charge in [0.2, 0.25) is 5.16 Å². The van der Waals surface area contributed by atoms with Gasteiger partial charge in [0.1, 0.15) is 0 Å². The second-order valence-corrected chi connectivity index (χ2v) is 4.94. The van der Waals surface area contributed by atoms with E-state index in [1.54, 1.807) is 13.1 Å². The quantitative estimate of drug-likeness (QED) is 0.675. The van der Waals surface area contributed by atoms with Crippen LogP contribution in [0.15, 0.2) is 22.2 Å². The number of rotatable bonds is 3. The van der Waals surface area contributed by atoms with E-state index >= 15 is 0 Å². The SMILES string of the molecule is COC(=O)c1cc(N)cc(Cl)c1Sc1nnnn1C. The van der Waals surface area contributed by atoms with E-state index in [9.17, 15) is 4.79 Å². The zero-order valence-electron chi connectivity index (χ0n) is 10.1. The van der Waals surface area contributed by atoms with Crippen LogP contribution in [0.2, 0.25) is 5.02 Å². The van der Waals surface area contributed by atoms with Crippen LogP contribution < -0.4 is 5.73 Å². The van der Waals surface area contributed by atoms with Crippen molar-refractivity contribution in [2.24, 2.45) is 7.05 Å². The highest BCUT2D eigenvalue weighted by Gasteiger charge is 2.19. The predicted octanol–water partition coefficient (Wildman–Crippen LogP) is 1.38. The molecule has 19 heavy (non-hydrogen) atoms. The molecule has 0 amide bonds. The first-order valence-corrected chi connectivity index (χ1v) is 6.30. The lowest BCUT2D eigenvalue weighted by Crippen LogP contribution is -2.05. The summed E-state index contributed by atoms with van der Waals surface area (Å²) in [6, 6.07) is 3.06. The topological polar surface area (TPSA) is 95.9 Å². The molecule has 0 aliphatic rings. The maximum Gasteiger partial charge on any atom is 0.339 e. The van der Waals surface area contributed by atoms with E-state index in [1.165, 1.54) is 29.6 Å². The molecule has 1 aromatic heterocycles. The summed E-state index contributed by atoms with van der Waals surface area (Å²) in [6.07, 6.45) is 0. The Bertz CT molecular complexity index is 630. The molecule has 0 bridgehead atoms. The Balaban J connectivity index is 2.49. The first-order chi connectivity index (χ1) is 9.02. The minimum atomic E-state index is -0.521. The molecule has 1 aromatic carbocycles. The summed E-state index contributed by atoms with van der Waals surface area (Å²) in [5.41, 5.74) is 6.34. The molecule has 0 atom stereocenters. The highest BCUT2D eigenvalue weighted by atomic mass is 35.5. The van der Waals surface area contributed by atoms with E-state index in [0.29, 0.717) is 20.8 Å². The van der Waals surface area contributed by atoms with Crippen LogP contribution in [0.3, 0.4) is 0 Å². The number of hydrogen-bond donors (Lipinski definition) is 1. The maximum absolute atomic E-state index is 11.7. The smallest absolute Gasteiger partial charge is 0.339 e. The normalized spacial score (nSPS) is 10.5. The number of nitrogens with two attached hydrogens (primary N) is 1. The van der Waals surface area contributed by atoms with Gasteiger partial charge in [0.15, 0.2) is 0 Å². The highest BCUT2D eigenvalue weighted by molar-refractivity contribution is 7.99. The van der Waals surface area contributed by atoms with Gasteiger partial charge in [0, 0.05) is 17.6 Å². The van der Waals surface area contributed by atoms with Crippen molar-refractivity contribution in [1.82, 2.24) is 20.2 Å². The number of aryl methyl sites for hydroxylation is 1. The molecule has 7 nitrogen and oxygen atoms in total. The fourth-order valence-electron chi connectivity index (χ4n) is 1.38. The molecule has 2 rings (SSSR count). The van der Waals surface area contributed by atoms with Gasteiger partial charge < -0.3 is 10.5 Å². The Kier molecular flexibility index (Phi) is 3.91. The number of nitrogen functional groups attached to an aromatic ring is 1. The number of ether oxygens (including phenoxy) is 1. The zero-order valence-corrected chi connectivity index (χ0v) is 11.7. The highest BCUT2D eigenvalue weighted by Crippen LogP contribution is 2.36. The molecule has 9 heteroatoms. The van der Waals surface area contributed by atoms with E-state index < -0.39 is 5.97 Å². The fraction of sp³-hybridized carbons (Fsp3) is 0.200. The molecule has 2 aromatic rings. The summed E-state index contributed by atoms with van der Waals surface area (Å²) in [5.74, 6) is -0.521. The lowest BCUT2D eigenvalue weighted by molar-refractivity contribution is 0.0597. The van der Waals surface area contributed by atoms with Crippen LogP contribution in [0, 0.1) is 0 Å². The number of benzene rings is 1. The van der Waals surface area contributed by atoms with E-state index in [4.69, 9.17) is 22.1 Å². The molecule has 0 aliphatic carbocycles. The van der Waals surface area contributed by atoms with Crippen molar-refractivity contribution in [2.75, 3.05) is 12.8 Å². The number of aromatic nitrogens is 4. The van der Waals surface area contributed by atoms with Gasteiger partial charge in [0.05, 0.1) is 17.7 Å². The summed E-state index contributed by atoms with van der Waals surface area (Å²) in [4.78, 5) is 12.2. The zero-order chi connectivity index (χ0) is 14.0. The Morgan fingerprint density at radius 3 is 2.84 bits per heavy atom. The third-order valence-corrected chi connectivity index (χ3v) is 3.83. The molecule has 1 heterocycles. The van der Waals surface area contributed by atoms with Crippen LogP contribution in [-0.2, 0) is 11.8 Å². The maximum atomic E-state index is 11.7. The standard InChI is InChI=1S/C10H10ClN5O2S/c1-16-10(13-14-15-16)19-8-6(9(17)18-2)3-5(12)4-7(8)11/h3-4H,12H2,1-2H3. The van der Waals surface area contributed by atoms with E-state index in [2.05, 4.69) is 15.5 Å². The summed E-state index contributed by atoms with van der Waals surface area (Å²) in [7, 11) is 2.98. The second-order valence-electron chi connectivity index (χ2n) is 3.56. The Labute approximate surface area is 118 Å². The Morgan fingerprint density at radius 1 is 1.53 bits per heavy atom. The largest absolute Gasteiger partial charge is 0.465 e. The molecular formula is C10H10ClN5O2S. The third-order valence-electron chi connectivity index (χ3n) is 2.25. The number of esters is 1. The molecule has 0 fully saturated rings. The molecule has 100 valence electrons. The number of halogens is 1. The Hall–Kier alpha value is -1.80. The number of anilines is 1. The summed E-state index contributed by atoms with van der Waals surface area (Å²) >= 11 is 7.28. The minimum Gasteiger partial charge on any atom is -0.465 e. The van der Waals surface area contributed by atoms with Gasteiger partial charge in [-0.15, -0.1) is 5.10 Å². The van der Waals surface area contributed by atoms with Gasteiger partial charge in [-0.25, -0.2) is 9.48 Å². The second kappa shape index (κ2) is 5.45. The molecule has 0 unspecified atom stereocenters. The average Bonchev–Trinajstić information content (AvgIpc) is 2.77. The van der Waals surface area contributed by atoms with Crippen molar-refractivity contribution in [3.63, 3.8) is 0 Å². The first-order valence-electron chi connectivity index (χ1n) is 5.10. The van der Waals surface area contributed by atoms with Gasteiger partial charge in [-0.1, -0.05) is 11.6 Å². The van der Waals surface area contributed by atoms with Crippen LogP contribution in [-0.4, -0.2) is 33.3 Å². The average molecular weight is 300 g/mol. The lowest BCUT2D eigenvalue weighted by atomic mass is 10.2. The number of methoxy groups -OCH3 is 1. The van der Waals surface area contributed by atoms with Crippen molar-refractivity contribution in [2.45, 2.75) is 10.1 Å². The Morgan fingerprint density at radius 2 is 2.26 bits per heavy atom. The van der Waals surface area contributed by atoms with Crippen LogP contribution >= 0.6 is 23.4 Å². The number of carbonyl (C=O) groups is 1. The number of hydrogen-bond acceptors (Lipinski definition) is 7. The van der Waals surface area contributed by atoms with Crippen molar-refractivity contribution in [1.29, 1.82) is 0 Å². The van der Waals surface area contributed by atoms with Gasteiger partial charge in [-0.2, -0.15) is 0 Å². The number of carbonyl (C=O) groups excluding carboxylic acids is 1. The van der Waals surface area contributed by atoms with E-state index in [-0.39, 0.29) is 5.56 Å². The molecule has 0 aliphatic heterocycles. The fourth-order valence-corrected chi connectivity index (χ4v) is 2.56. The minimum absolute atomic E-state index is 0.278. The summed E-state index contributed by atoms with van der Waals surface area (Å²) in [6.45, 7) is 0. The number of tetrazole rings is 1. The number of nitrogens with zero attached hydrogens (tertiary/aromatic N) is 4. The van der Waals surface area contributed by atoms with Gasteiger partial charge in [-0.3, -0.25) is 0 Å². The van der Waals surface area contributed by atoms with Gasteiger partial charge >= 0.3 is 5.97 Å². The van der Waals surface area contributed by atoms with E-state index in [1.807, 2.05) is 0 Å². The molecule has 0 spiro atoms. The molecular weight excluding hydrogens is 290 g/mol. The van der Waals surface area contributed by atoms with Crippen LogP contribution in [0.1, 0.15) is 10.4 Å². The van der Waals surface area contributed by atoms with Gasteiger partial charge in [0.25, 0.3) is 0 Å². The van der Waals surface area contributed by atoms with E-state index in [0.717, 1.165) is 0 Å². The van der Waals surface area contributed by atoms with Crippen molar-refractivity contribution in [3.05, 3.63) is 22.7 Å². The lowest BCUT2D eigenvalue weighted by Gasteiger charge is -2.09. The third kappa shape index (κ3) is 2.79. The van der Waals surface area contributed by atoms with Crippen molar-refractivity contribution >= 4 is 35.0 Å². The van der Waals surface area contributed by atoms with Crippen molar-refractivity contribution < 1.29 is 9.53 Å². The molecule has 2 N–H and O–H groups in total. The predicted molar refractivity (Wildman–Crippen MR) is 70.1 cm³/mol. The first kappa shape index (κ1) is 13.6. The van der Waals surface area contributed by atoms with Crippen LogP contribution in [0.4, 0.5) is 5.69 Å². The summed E-state index contributed by atoms with van der Waals surface area (Å²) in [5, 5.41) is 11.9. The molecule has 0 saturated heterocycles. The van der Waals surface area contributed by atoms with Gasteiger partial charge in [-0.05, 0) is 34.3 Å². The van der Waals surface area contributed by atoms with Crippen molar-refractivity contribution in [3.8, 4) is 0 Å². The molecule has 0 saturated carbocycles. The van der Waals surface area contributed by atoms with Crippen LogP contribution in [0.25, 0.3) is 0 Å².